The first-order valence-electron chi connectivity index (χ1n) is 14.7. The second-order valence-electron chi connectivity index (χ2n) is 12.7. The van der Waals surface area contributed by atoms with E-state index in [1.54, 1.807) is 25.1 Å². The molecule has 2 fully saturated rings. The molecule has 2 saturated carbocycles. The second-order valence-corrected chi connectivity index (χ2v) is 12.7. The van der Waals surface area contributed by atoms with Gasteiger partial charge in [0.1, 0.15) is 12.2 Å². The van der Waals surface area contributed by atoms with Crippen LogP contribution in [0.2, 0.25) is 0 Å². The van der Waals surface area contributed by atoms with Gasteiger partial charge in [-0.05, 0) is 63.3 Å². The molecule has 9 unspecified atom stereocenters. The van der Waals surface area contributed by atoms with Gasteiger partial charge in [0.25, 0.3) is 0 Å². The van der Waals surface area contributed by atoms with Gasteiger partial charge in [0, 0.05) is 32.6 Å². The summed E-state index contributed by atoms with van der Waals surface area (Å²) in [6.45, 7) is 7.49. The van der Waals surface area contributed by atoms with Gasteiger partial charge in [-0.2, -0.15) is 0 Å². The van der Waals surface area contributed by atoms with Gasteiger partial charge in [-0.1, -0.05) is 18.2 Å². The zero-order chi connectivity index (χ0) is 32.8. The maximum Gasteiger partial charge on any atom is 0.338 e. The van der Waals surface area contributed by atoms with E-state index in [2.05, 4.69) is 0 Å². The standard InChI is InChI=1S/C32H42O12/c1-16-22(36)14-31(30(5,6)40)24(16)26(37)28(43-29(39)20-10-8-7-9-11-20)32(44-19(4)35)13-12-23(42-18(3)34)21(15-41-17(2)33)25(32)27(31)38/h7-11,21-23,25-28,36-38,40H,12-15H2,1-6H3. The summed E-state index contributed by atoms with van der Waals surface area (Å²) in [6, 6.07) is 7.94. The van der Waals surface area contributed by atoms with Gasteiger partial charge in [-0.25, -0.2) is 4.79 Å². The number of hydrogen-bond acceptors (Lipinski definition) is 12. The molecule has 12 nitrogen and oxygen atoms in total. The van der Waals surface area contributed by atoms with Crippen molar-refractivity contribution in [3.63, 3.8) is 0 Å². The van der Waals surface area contributed by atoms with Crippen LogP contribution in [0, 0.1) is 17.3 Å². The maximum atomic E-state index is 13.6. The molecule has 0 heterocycles. The first-order chi connectivity index (χ1) is 20.5. The normalized spacial score (nSPS) is 35.1. The highest BCUT2D eigenvalue weighted by Crippen LogP contribution is 2.63. The number of aliphatic hydroxyl groups excluding tert-OH is 3. The first kappa shape index (κ1) is 33.6. The highest BCUT2D eigenvalue weighted by Gasteiger charge is 2.73. The van der Waals surface area contributed by atoms with Gasteiger partial charge >= 0.3 is 23.9 Å². The van der Waals surface area contributed by atoms with E-state index in [-0.39, 0.29) is 36.0 Å². The van der Waals surface area contributed by atoms with Gasteiger partial charge in [0.05, 0.1) is 35.4 Å². The Morgan fingerprint density at radius 2 is 1.59 bits per heavy atom. The van der Waals surface area contributed by atoms with Gasteiger partial charge in [0.2, 0.25) is 0 Å². The second kappa shape index (κ2) is 12.2. The largest absolute Gasteiger partial charge is 0.465 e. The minimum atomic E-state index is -1.96. The molecule has 1 aromatic rings. The molecule has 0 saturated heterocycles. The van der Waals surface area contributed by atoms with Crippen molar-refractivity contribution < 1.29 is 58.6 Å². The summed E-state index contributed by atoms with van der Waals surface area (Å²) in [5.41, 5.74) is -5.11. The van der Waals surface area contributed by atoms with E-state index in [1.807, 2.05) is 0 Å². The van der Waals surface area contributed by atoms with Crippen LogP contribution in [-0.2, 0) is 33.3 Å². The van der Waals surface area contributed by atoms with E-state index in [0.717, 1.165) is 6.92 Å². The zero-order valence-corrected chi connectivity index (χ0v) is 25.8. The summed E-state index contributed by atoms with van der Waals surface area (Å²) < 4.78 is 23.1. The number of benzene rings is 1. The molecule has 0 bridgehead atoms. The molecular formula is C32H42O12. The van der Waals surface area contributed by atoms with Crippen molar-refractivity contribution in [3.05, 3.63) is 47.0 Å². The van der Waals surface area contributed by atoms with E-state index in [4.69, 9.17) is 18.9 Å². The van der Waals surface area contributed by atoms with Gasteiger partial charge in [-0.15, -0.1) is 0 Å². The van der Waals surface area contributed by atoms with Gasteiger partial charge in [0.15, 0.2) is 11.7 Å². The minimum absolute atomic E-state index is 0.0181. The molecule has 44 heavy (non-hydrogen) atoms. The van der Waals surface area contributed by atoms with Crippen LogP contribution in [0.5, 0.6) is 0 Å². The van der Waals surface area contributed by atoms with E-state index >= 15 is 0 Å². The van der Waals surface area contributed by atoms with Crippen molar-refractivity contribution >= 4 is 23.9 Å². The zero-order valence-electron chi connectivity index (χ0n) is 25.8. The monoisotopic (exact) mass is 618 g/mol. The Balaban J connectivity index is 2.05. The average Bonchev–Trinajstić information content (AvgIpc) is 3.18. The smallest absolute Gasteiger partial charge is 0.338 e. The number of aliphatic hydroxyl groups is 4. The van der Waals surface area contributed by atoms with Crippen LogP contribution >= 0.6 is 0 Å². The lowest BCUT2D eigenvalue weighted by molar-refractivity contribution is -0.246. The maximum absolute atomic E-state index is 13.6. The Bertz CT molecular complexity index is 1320. The van der Waals surface area contributed by atoms with Crippen LogP contribution in [0.15, 0.2) is 41.5 Å². The van der Waals surface area contributed by atoms with Crippen molar-refractivity contribution in [2.45, 2.75) is 103 Å². The highest BCUT2D eigenvalue weighted by atomic mass is 16.6. The van der Waals surface area contributed by atoms with Crippen LogP contribution in [0.4, 0.5) is 0 Å². The van der Waals surface area contributed by atoms with Crippen LogP contribution in [-0.4, -0.2) is 92.6 Å². The van der Waals surface area contributed by atoms with E-state index < -0.39 is 89.5 Å². The first-order valence-corrected chi connectivity index (χ1v) is 14.7. The molecule has 4 N–H and O–H groups in total. The Morgan fingerprint density at radius 1 is 0.955 bits per heavy atom. The van der Waals surface area contributed by atoms with E-state index in [0.29, 0.717) is 0 Å². The van der Waals surface area contributed by atoms with Crippen molar-refractivity contribution in [1.82, 2.24) is 0 Å². The molecule has 3 aliphatic carbocycles. The third-order valence-corrected chi connectivity index (χ3v) is 9.62. The minimum Gasteiger partial charge on any atom is -0.465 e. The van der Waals surface area contributed by atoms with Gasteiger partial charge < -0.3 is 39.4 Å². The molecule has 242 valence electrons. The summed E-state index contributed by atoms with van der Waals surface area (Å²) in [6.07, 6.45) is -7.69. The Labute approximate surface area is 255 Å². The summed E-state index contributed by atoms with van der Waals surface area (Å²) >= 11 is 0. The fraction of sp³-hybridized carbons (Fsp3) is 0.625. The number of esters is 4. The van der Waals surface area contributed by atoms with Crippen molar-refractivity contribution in [3.8, 4) is 0 Å². The molecule has 4 rings (SSSR count). The van der Waals surface area contributed by atoms with Crippen molar-refractivity contribution in [2.24, 2.45) is 17.3 Å². The van der Waals surface area contributed by atoms with E-state index in [1.165, 1.54) is 39.8 Å². The molecule has 0 spiro atoms. The molecule has 0 aromatic heterocycles. The molecule has 0 aliphatic heterocycles. The third kappa shape index (κ3) is 5.64. The number of carbonyl (C=O) groups excluding carboxylic acids is 4. The number of fused-ring (bicyclic) bond motifs is 2. The van der Waals surface area contributed by atoms with Crippen molar-refractivity contribution in [2.75, 3.05) is 6.61 Å². The third-order valence-electron chi connectivity index (χ3n) is 9.62. The van der Waals surface area contributed by atoms with Crippen molar-refractivity contribution in [1.29, 1.82) is 0 Å². The molecule has 3 aliphatic rings. The predicted octanol–water partition coefficient (Wildman–Crippen LogP) is 1.61. The molecule has 9 atom stereocenters. The molecule has 12 heteroatoms. The predicted molar refractivity (Wildman–Crippen MR) is 153 cm³/mol. The van der Waals surface area contributed by atoms with E-state index in [9.17, 15) is 39.6 Å². The highest BCUT2D eigenvalue weighted by molar-refractivity contribution is 5.89. The number of rotatable bonds is 7. The summed E-state index contributed by atoms with van der Waals surface area (Å²) in [5, 5.41) is 47.7. The summed E-state index contributed by atoms with van der Waals surface area (Å²) in [4.78, 5) is 50.7. The fourth-order valence-electron chi connectivity index (χ4n) is 7.87. The molecule has 1 aromatic carbocycles. The van der Waals surface area contributed by atoms with Gasteiger partial charge in [-0.3, -0.25) is 14.4 Å². The lowest BCUT2D eigenvalue weighted by atomic mass is 9.56. The fourth-order valence-corrected chi connectivity index (χ4v) is 7.87. The summed E-state index contributed by atoms with van der Waals surface area (Å²) in [7, 11) is 0. The average molecular weight is 619 g/mol. The van der Waals surface area contributed by atoms with Crippen LogP contribution in [0.3, 0.4) is 0 Å². The molecule has 0 amide bonds. The SMILES string of the molecule is CC(=O)OCC1C(OC(C)=O)CCC2(OC(C)=O)C(OC(=O)c3ccccc3)C(O)C3=C(C)C(O)CC3(C(C)(C)O)C(O)C12. The Kier molecular flexibility index (Phi) is 9.33. The van der Waals surface area contributed by atoms with Crippen LogP contribution in [0.25, 0.3) is 0 Å². The van der Waals surface area contributed by atoms with Crippen LogP contribution in [0.1, 0.15) is 71.2 Å². The number of carbonyl (C=O) groups is 4. The lowest BCUT2D eigenvalue weighted by Crippen LogP contribution is -2.67. The number of ether oxygens (including phenoxy) is 4. The topological polar surface area (TPSA) is 186 Å². The molecular weight excluding hydrogens is 576 g/mol. The Morgan fingerprint density at radius 3 is 2.14 bits per heavy atom. The Hall–Kier alpha value is -3.32. The van der Waals surface area contributed by atoms with Crippen LogP contribution < -0.4 is 0 Å². The summed E-state index contributed by atoms with van der Waals surface area (Å²) in [5.74, 6) is -5.41. The molecule has 0 radical (unpaired) electrons. The lowest BCUT2D eigenvalue weighted by Gasteiger charge is -2.55. The quantitative estimate of drug-likeness (QED) is 0.197. The number of hydrogen-bond donors (Lipinski definition) is 4.